The second kappa shape index (κ2) is 11.1. The number of hydrogen-bond acceptors (Lipinski definition) is 3. The number of imidazole rings is 1. The van der Waals surface area contributed by atoms with Crippen molar-refractivity contribution >= 4 is 40.6 Å². The highest BCUT2D eigenvalue weighted by Crippen LogP contribution is 2.23. The summed E-state index contributed by atoms with van der Waals surface area (Å²) in [7, 11) is 0. The van der Waals surface area contributed by atoms with Gasteiger partial charge in [-0.15, -0.1) is 0 Å². The number of ketones is 1. The molecule has 0 unspecified atom stereocenters. The van der Waals surface area contributed by atoms with Crippen LogP contribution < -0.4 is 5.32 Å². The Morgan fingerprint density at radius 1 is 0.757 bits per heavy atom. The first-order valence-corrected chi connectivity index (χ1v) is 12.0. The molecule has 4 aromatic carbocycles. The topological polar surface area (TPSA) is 74.8 Å². The Morgan fingerprint density at radius 3 is 2.08 bits per heavy atom. The molecule has 5 aromatic rings. The smallest absolute Gasteiger partial charge is 0.248 e. The molecule has 1 heterocycles. The van der Waals surface area contributed by atoms with E-state index in [0.29, 0.717) is 12.1 Å². The normalized spacial score (nSPS) is 11.4. The summed E-state index contributed by atoms with van der Waals surface area (Å²) < 4.78 is 0. The minimum absolute atomic E-state index is 0.0409. The first-order valence-electron chi connectivity index (χ1n) is 12.0. The van der Waals surface area contributed by atoms with Gasteiger partial charge in [0.2, 0.25) is 5.91 Å². The lowest BCUT2D eigenvalue weighted by Crippen LogP contribution is -2.07. The van der Waals surface area contributed by atoms with Gasteiger partial charge in [-0.05, 0) is 65.2 Å². The zero-order valence-electron chi connectivity index (χ0n) is 20.1. The average Bonchev–Trinajstić information content (AvgIpc) is 3.36. The molecule has 0 atom stereocenters. The molecule has 0 bridgehead atoms. The van der Waals surface area contributed by atoms with Gasteiger partial charge in [0, 0.05) is 23.7 Å². The Bertz CT molecular complexity index is 1580. The maximum Gasteiger partial charge on any atom is 0.248 e. The molecule has 0 radical (unpaired) electrons. The number of aromatic amines is 1. The van der Waals surface area contributed by atoms with Crippen molar-refractivity contribution in [2.45, 2.75) is 6.42 Å². The Kier molecular flexibility index (Phi) is 7.14. The number of benzene rings is 4. The second-order valence-corrected chi connectivity index (χ2v) is 8.63. The molecule has 5 nitrogen and oxygen atoms in total. The maximum absolute atomic E-state index is 12.4. The van der Waals surface area contributed by atoms with E-state index in [-0.39, 0.29) is 11.7 Å². The summed E-state index contributed by atoms with van der Waals surface area (Å²) in [6.45, 7) is 0. The lowest BCUT2D eigenvalue weighted by molar-refractivity contribution is -0.114. The quantitative estimate of drug-likeness (QED) is 0.241. The molecular formula is C32H25N3O2. The monoisotopic (exact) mass is 483 g/mol. The molecule has 1 amide bonds. The van der Waals surface area contributed by atoms with Crippen molar-refractivity contribution in [3.8, 4) is 11.4 Å². The van der Waals surface area contributed by atoms with Crippen LogP contribution in [0.3, 0.4) is 0 Å². The predicted octanol–water partition coefficient (Wildman–Crippen LogP) is 6.71. The molecule has 0 aliphatic carbocycles. The van der Waals surface area contributed by atoms with Crippen LogP contribution in [0, 0.1) is 0 Å². The van der Waals surface area contributed by atoms with Crippen molar-refractivity contribution in [2.75, 3.05) is 5.32 Å². The van der Waals surface area contributed by atoms with Crippen molar-refractivity contribution in [3.63, 3.8) is 0 Å². The largest absolute Gasteiger partial charge is 0.338 e. The Hall–Kier alpha value is -5.03. The van der Waals surface area contributed by atoms with Crippen LogP contribution in [0.5, 0.6) is 0 Å². The molecule has 5 heteroatoms. The first-order chi connectivity index (χ1) is 18.1. The van der Waals surface area contributed by atoms with Gasteiger partial charge in [-0.3, -0.25) is 9.59 Å². The number of carbonyl (C=O) groups excluding carboxylic acids is 2. The van der Waals surface area contributed by atoms with E-state index < -0.39 is 0 Å². The van der Waals surface area contributed by atoms with Crippen molar-refractivity contribution in [2.24, 2.45) is 0 Å². The van der Waals surface area contributed by atoms with Gasteiger partial charge in [0.25, 0.3) is 0 Å². The van der Waals surface area contributed by atoms with Crippen LogP contribution in [0.15, 0.2) is 115 Å². The number of hydrogen-bond donors (Lipinski definition) is 2. The average molecular weight is 484 g/mol. The zero-order valence-corrected chi connectivity index (χ0v) is 20.1. The van der Waals surface area contributed by atoms with E-state index >= 15 is 0 Å². The van der Waals surface area contributed by atoms with Gasteiger partial charge in [0.05, 0.1) is 11.0 Å². The minimum atomic E-state index is -0.193. The lowest BCUT2D eigenvalue weighted by Gasteiger charge is -2.03. The van der Waals surface area contributed by atoms with Crippen molar-refractivity contribution in [1.29, 1.82) is 0 Å². The molecule has 1 aromatic heterocycles. The number of nitrogens with zero attached hydrogens (tertiary/aromatic N) is 1. The van der Waals surface area contributed by atoms with E-state index in [1.54, 1.807) is 12.2 Å². The maximum atomic E-state index is 12.4. The van der Waals surface area contributed by atoms with E-state index in [1.807, 2.05) is 109 Å². The first kappa shape index (κ1) is 23.7. The SMILES string of the molecule is O=C(/C=C/c1ccccc1)Cc1ccc2nc(-c3ccc(NC(=O)/C=C/c4ccccc4)cc3)[nH]c2c1. The number of allylic oxidation sites excluding steroid dienone is 1. The number of fused-ring (bicyclic) bond motifs is 1. The highest BCUT2D eigenvalue weighted by Gasteiger charge is 2.08. The van der Waals surface area contributed by atoms with Gasteiger partial charge >= 0.3 is 0 Å². The van der Waals surface area contributed by atoms with E-state index in [9.17, 15) is 9.59 Å². The summed E-state index contributed by atoms with van der Waals surface area (Å²) in [5, 5.41) is 2.87. The molecule has 0 saturated heterocycles. The Labute approximate surface area is 215 Å². The molecule has 0 spiro atoms. The molecular weight excluding hydrogens is 458 g/mol. The van der Waals surface area contributed by atoms with E-state index in [2.05, 4.69) is 15.3 Å². The molecule has 0 saturated carbocycles. The fourth-order valence-electron chi connectivity index (χ4n) is 3.95. The number of anilines is 1. The third-order valence-electron chi connectivity index (χ3n) is 5.84. The summed E-state index contributed by atoms with van der Waals surface area (Å²) in [6, 6.07) is 32.8. The highest BCUT2D eigenvalue weighted by atomic mass is 16.1. The summed E-state index contributed by atoms with van der Waals surface area (Å²) >= 11 is 0. The fourth-order valence-corrected chi connectivity index (χ4v) is 3.95. The standard InChI is InChI=1S/C32H25N3O2/c36-28(18-11-23-7-3-1-4-8-23)21-25-12-19-29-30(22-25)35-32(34-29)26-14-16-27(17-15-26)33-31(37)20-13-24-9-5-2-6-10-24/h1-20,22H,21H2,(H,33,37)(H,34,35)/b18-11+,20-13+. The van der Waals surface area contributed by atoms with Gasteiger partial charge in [0.15, 0.2) is 5.78 Å². The number of amides is 1. The Balaban J connectivity index is 1.23. The van der Waals surface area contributed by atoms with E-state index in [1.165, 1.54) is 6.08 Å². The number of H-pyrrole nitrogens is 1. The van der Waals surface area contributed by atoms with Crippen LogP contribution >= 0.6 is 0 Å². The van der Waals surface area contributed by atoms with Crippen LogP contribution in [-0.2, 0) is 16.0 Å². The van der Waals surface area contributed by atoms with Crippen LogP contribution in [0.2, 0.25) is 0 Å². The predicted molar refractivity (Wildman–Crippen MR) is 150 cm³/mol. The number of carbonyl (C=O) groups is 2. The third kappa shape index (κ3) is 6.35. The molecule has 0 aliphatic rings. The summed E-state index contributed by atoms with van der Waals surface area (Å²) in [5.74, 6) is 0.574. The van der Waals surface area contributed by atoms with E-state index in [4.69, 9.17) is 0 Å². The van der Waals surface area contributed by atoms with Gasteiger partial charge in [-0.25, -0.2) is 4.98 Å². The van der Waals surface area contributed by atoms with E-state index in [0.717, 1.165) is 39.1 Å². The molecule has 37 heavy (non-hydrogen) atoms. The zero-order chi connectivity index (χ0) is 25.5. The molecule has 180 valence electrons. The number of nitrogens with one attached hydrogen (secondary N) is 2. The number of aromatic nitrogens is 2. The van der Waals surface area contributed by atoms with Crippen molar-refractivity contribution in [3.05, 3.63) is 132 Å². The summed E-state index contributed by atoms with van der Waals surface area (Å²) in [4.78, 5) is 32.7. The summed E-state index contributed by atoms with van der Waals surface area (Å²) in [5.41, 5.74) is 6.19. The van der Waals surface area contributed by atoms with Gasteiger partial charge in [-0.2, -0.15) is 0 Å². The molecule has 0 aliphatic heterocycles. The third-order valence-corrected chi connectivity index (χ3v) is 5.84. The van der Waals surface area contributed by atoms with Gasteiger partial charge in [-0.1, -0.05) is 72.8 Å². The van der Waals surface area contributed by atoms with Crippen LogP contribution in [0.25, 0.3) is 34.6 Å². The lowest BCUT2D eigenvalue weighted by atomic mass is 10.1. The van der Waals surface area contributed by atoms with Gasteiger partial charge in [0.1, 0.15) is 5.82 Å². The highest BCUT2D eigenvalue weighted by molar-refractivity contribution is 6.02. The van der Waals surface area contributed by atoms with Crippen molar-refractivity contribution < 1.29 is 9.59 Å². The van der Waals surface area contributed by atoms with Gasteiger partial charge < -0.3 is 10.3 Å². The van der Waals surface area contributed by atoms with Crippen LogP contribution in [0.4, 0.5) is 5.69 Å². The Morgan fingerprint density at radius 2 is 1.41 bits per heavy atom. The minimum Gasteiger partial charge on any atom is -0.338 e. The fraction of sp³-hybridized carbons (Fsp3) is 0.0312. The molecule has 5 rings (SSSR count). The molecule has 0 fully saturated rings. The number of rotatable bonds is 8. The van der Waals surface area contributed by atoms with Crippen LogP contribution in [-0.4, -0.2) is 21.7 Å². The van der Waals surface area contributed by atoms with Crippen molar-refractivity contribution in [1.82, 2.24) is 9.97 Å². The van der Waals surface area contributed by atoms with Crippen LogP contribution in [0.1, 0.15) is 16.7 Å². The summed E-state index contributed by atoms with van der Waals surface area (Å²) in [6.07, 6.45) is 7.07. The second-order valence-electron chi connectivity index (χ2n) is 8.63. The molecule has 2 N–H and O–H groups in total.